The van der Waals surface area contributed by atoms with Gasteiger partial charge in [0, 0.05) is 24.1 Å². The lowest BCUT2D eigenvalue weighted by Gasteiger charge is -2.13. The number of aromatic nitrogens is 1. The van der Waals surface area contributed by atoms with Crippen LogP contribution in [0.3, 0.4) is 0 Å². The number of nitro groups is 1. The topological polar surface area (TPSA) is 81.2 Å². The van der Waals surface area contributed by atoms with Gasteiger partial charge in [-0.3, -0.25) is 10.1 Å². The molecule has 1 atom stereocenters. The Balaban J connectivity index is 2.04. The van der Waals surface area contributed by atoms with Crippen molar-refractivity contribution in [2.45, 2.75) is 39.8 Å². The highest BCUT2D eigenvalue weighted by atomic mass is 16.6. The largest absolute Gasteiger partial charge is 0.444 e. The van der Waals surface area contributed by atoms with Gasteiger partial charge in [0.2, 0.25) is 5.89 Å². The standard InChI is InChI=1S/C15H19N3O3/c1-4-13-8-17-15(21-13)9-16-11(3)12-6-5-10(2)14(7-12)18(19)20/h5-8,11,16H,4,9H2,1-3H3. The fourth-order valence-corrected chi connectivity index (χ4v) is 2.04. The van der Waals surface area contributed by atoms with E-state index in [9.17, 15) is 10.1 Å². The van der Waals surface area contributed by atoms with Gasteiger partial charge in [-0.15, -0.1) is 0 Å². The maximum Gasteiger partial charge on any atom is 0.272 e. The van der Waals surface area contributed by atoms with E-state index in [1.54, 1.807) is 25.3 Å². The average molecular weight is 289 g/mol. The smallest absolute Gasteiger partial charge is 0.272 e. The molecule has 6 heteroatoms. The van der Waals surface area contributed by atoms with Gasteiger partial charge in [-0.25, -0.2) is 4.98 Å². The molecule has 2 rings (SSSR count). The Morgan fingerprint density at radius 1 is 1.48 bits per heavy atom. The van der Waals surface area contributed by atoms with Crippen LogP contribution in [-0.2, 0) is 13.0 Å². The zero-order chi connectivity index (χ0) is 15.4. The van der Waals surface area contributed by atoms with Crippen LogP contribution in [0, 0.1) is 17.0 Å². The molecule has 0 radical (unpaired) electrons. The van der Waals surface area contributed by atoms with Gasteiger partial charge in [-0.2, -0.15) is 0 Å². The number of hydrogen-bond acceptors (Lipinski definition) is 5. The molecule has 6 nitrogen and oxygen atoms in total. The summed E-state index contributed by atoms with van der Waals surface area (Å²) in [5, 5.41) is 14.2. The second kappa shape index (κ2) is 6.49. The van der Waals surface area contributed by atoms with Crippen LogP contribution >= 0.6 is 0 Å². The second-order valence-electron chi connectivity index (χ2n) is 4.98. The van der Waals surface area contributed by atoms with E-state index in [-0.39, 0.29) is 16.7 Å². The maximum atomic E-state index is 11.0. The van der Waals surface area contributed by atoms with E-state index in [2.05, 4.69) is 10.3 Å². The number of nitro benzene ring substituents is 1. The van der Waals surface area contributed by atoms with Crippen LogP contribution in [0.4, 0.5) is 5.69 Å². The molecule has 1 aromatic carbocycles. The van der Waals surface area contributed by atoms with Crippen molar-refractivity contribution >= 4 is 5.69 Å². The molecule has 1 unspecified atom stereocenters. The highest BCUT2D eigenvalue weighted by molar-refractivity contribution is 5.43. The Hall–Kier alpha value is -2.21. The van der Waals surface area contributed by atoms with Crippen molar-refractivity contribution in [2.75, 3.05) is 0 Å². The fourth-order valence-electron chi connectivity index (χ4n) is 2.04. The molecule has 0 amide bonds. The summed E-state index contributed by atoms with van der Waals surface area (Å²) in [7, 11) is 0. The van der Waals surface area contributed by atoms with Crippen LogP contribution in [0.2, 0.25) is 0 Å². The van der Waals surface area contributed by atoms with Crippen LogP contribution in [0.1, 0.15) is 42.7 Å². The van der Waals surface area contributed by atoms with Crippen LogP contribution in [0.25, 0.3) is 0 Å². The molecule has 2 aromatic rings. The molecule has 0 aliphatic carbocycles. The van der Waals surface area contributed by atoms with E-state index < -0.39 is 0 Å². The predicted octanol–water partition coefficient (Wildman–Crippen LogP) is 3.30. The monoisotopic (exact) mass is 289 g/mol. The Morgan fingerprint density at radius 2 is 2.24 bits per heavy atom. The molecule has 0 aliphatic heterocycles. The number of aryl methyl sites for hydroxylation is 2. The molecular formula is C15H19N3O3. The minimum atomic E-state index is -0.354. The molecular weight excluding hydrogens is 270 g/mol. The third kappa shape index (κ3) is 3.66. The zero-order valence-electron chi connectivity index (χ0n) is 12.4. The van der Waals surface area contributed by atoms with Crippen LogP contribution < -0.4 is 5.32 Å². The number of oxazole rings is 1. The first-order chi connectivity index (χ1) is 10.0. The van der Waals surface area contributed by atoms with Crippen molar-refractivity contribution in [3.63, 3.8) is 0 Å². The van der Waals surface area contributed by atoms with Gasteiger partial charge in [-0.1, -0.05) is 19.1 Å². The average Bonchev–Trinajstić information content (AvgIpc) is 2.93. The van der Waals surface area contributed by atoms with Gasteiger partial charge in [0.25, 0.3) is 5.69 Å². The summed E-state index contributed by atoms with van der Waals surface area (Å²) in [6.45, 7) is 6.19. The summed E-state index contributed by atoms with van der Waals surface area (Å²) >= 11 is 0. The second-order valence-corrected chi connectivity index (χ2v) is 4.98. The van der Waals surface area contributed by atoms with Gasteiger partial charge in [0.15, 0.2) is 0 Å². The minimum Gasteiger partial charge on any atom is -0.444 e. The molecule has 0 bridgehead atoms. The van der Waals surface area contributed by atoms with Crippen molar-refractivity contribution < 1.29 is 9.34 Å². The SMILES string of the molecule is CCc1cnc(CNC(C)c2ccc(C)c([N+](=O)[O-])c2)o1. The summed E-state index contributed by atoms with van der Waals surface area (Å²) in [6, 6.07) is 5.25. The molecule has 1 aromatic heterocycles. The molecule has 0 fully saturated rings. The van der Waals surface area contributed by atoms with Gasteiger partial charge >= 0.3 is 0 Å². The number of rotatable bonds is 6. The Kier molecular flexibility index (Phi) is 4.70. The Labute approximate surface area is 123 Å². The van der Waals surface area contributed by atoms with Gasteiger partial charge in [0.1, 0.15) is 5.76 Å². The normalized spacial score (nSPS) is 12.3. The highest BCUT2D eigenvalue weighted by Crippen LogP contribution is 2.23. The van der Waals surface area contributed by atoms with Crippen LogP contribution in [-0.4, -0.2) is 9.91 Å². The molecule has 0 spiro atoms. The van der Waals surface area contributed by atoms with Crippen molar-refractivity contribution in [3.05, 3.63) is 57.3 Å². The quantitative estimate of drug-likeness (QED) is 0.651. The maximum absolute atomic E-state index is 11.0. The number of nitrogens with one attached hydrogen (secondary N) is 1. The lowest BCUT2D eigenvalue weighted by molar-refractivity contribution is -0.385. The summed E-state index contributed by atoms with van der Waals surface area (Å²) in [4.78, 5) is 14.8. The van der Waals surface area contributed by atoms with E-state index in [0.29, 0.717) is 18.0 Å². The van der Waals surface area contributed by atoms with Gasteiger partial charge < -0.3 is 9.73 Å². The summed E-state index contributed by atoms with van der Waals surface area (Å²) < 4.78 is 5.52. The first-order valence-corrected chi connectivity index (χ1v) is 6.93. The minimum absolute atomic E-state index is 0.0266. The Bertz CT molecular complexity index is 637. The van der Waals surface area contributed by atoms with Crippen molar-refractivity contribution in [1.82, 2.24) is 10.3 Å². The van der Waals surface area contributed by atoms with E-state index in [1.807, 2.05) is 19.9 Å². The van der Waals surface area contributed by atoms with E-state index in [4.69, 9.17) is 4.42 Å². The van der Waals surface area contributed by atoms with E-state index in [0.717, 1.165) is 17.7 Å². The van der Waals surface area contributed by atoms with Crippen molar-refractivity contribution in [2.24, 2.45) is 0 Å². The lowest BCUT2D eigenvalue weighted by atomic mass is 10.0. The van der Waals surface area contributed by atoms with Crippen molar-refractivity contribution in [3.8, 4) is 0 Å². The summed E-state index contributed by atoms with van der Waals surface area (Å²) in [5.74, 6) is 1.48. The first-order valence-electron chi connectivity index (χ1n) is 6.93. The molecule has 1 N–H and O–H groups in total. The Morgan fingerprint density at radius 3 is 2.86 bits per heavy atom. The lowest BCUT2D eigenvalue weighted by Crippen LogP contribution is -2.18. The number of nitrogens with zero attached hydrogens (tertiary/aromatic N) is 2. The number of benzene rings is 1. The molecule has 21 heavy (non-hydrogen) atoms. The molecule has 0 saturated heterocycles. The highest BCUT2D eigenvalue weighted by Gasteiger charge is 2.14. The molecule has 0 aliphatic rings. The third-order valence-electron chi connectivity index (χ3n) is 3.44. The van der Waals surface area contributed by atoms with Gasteiger partial charge in [-0.05, 0) is 19.4 Å². The third-order valence-corrected chi connectivity index (χ3v) is 3.44. The molecule has 0 saturated carbocycles. The summed E-state index contributed by atoms with van der Waals surface area (Å²) in [5.41, 5.74) is 1.68. The van der Waals surface area contributed by atoms with Crippen LogP contribution in [0.15, 0.2) is 28.8 Å². The fraction of sp³-hybridized carbons (Fsp3) is 0.400. The van der Waals surface area contributed by atoms with E-state index in [1.165, 1.54) is 0 Å². The van der Waals surface area contributed by atoms with Gasteiger partial charge in [0.05, 0.1) is 17.7 Å². The molecule has 1 heterocycles. The molecule has 112 valence electrons. The van der Waals surface area contributed by atoms with Crippen LogP contribution in [0.5, 0.6) is 0 Å². The van der Waals surface area contributed by atoms with Crippen molar-refractivity contribution in [1.29, 1.82) is 0 Å². The van der Waals surface area contributed by atoms with E-state index >= 15 is 0 Å². The predicted molar refractivity (Wildman–Crippen MR) is 79.0 cm³/mol. The summed E-state index contributed by atoms with van der Waals surface area (Å²) in [6.07, 6.45) is 2.53. The first kappa shape index (κ1) is 15.2. The number of hydrogen-bond donors (Lipinski definition) is 1. The zero-order valence-corrected chi connectivity index (χ0v) is 12.4.